The van der Waals surface area contributed by atoms with Crippen LogP contribution >= 0.6 is 0 Å². The molecule has 2 amide bonds. The van der Waals surface area contributed by atoms with Gasteiger partial charge in [0.1, 0.15) is 43.2 Å². The van der Waals surface area contributed by atoms with Crippen molar-refractivity contribution in [1.29, 1.82) is 0 Å². The molecule has 34 heavy (non-hydrogen) atoms. The van der Waals surface area contributed by atoms with Gasteiger partial charge in [0.25, 0.3) is 5.56 Å². The molecule has 1 fully saturated rings. The molecule has 8 atom stereocenters. The Morgan fingerprint density at radius 3 is 2.44 bits per heavy atom. The van der Waals surface area contributed by atoms with E-state index in [4.69, 9.17) is 16.2 Å². The lowest BCUT2D eigenvalue weighted by Crippen LogP contribution is -2.60. The molecule has 1 aromatic rings. The van der Waals surface area contributed by atoms with Gasteiger partial charge in [-0.3, -0.25) is 19.1 Å². The number of nitrogens with one attached hydrogen (secondary N) is 2. The molecule has 1 aromatic heterocycles. The van der Waals surface area contributed by atoms with Crippen molar-refractivity contribution < 1.29 is 49.4 Å². The van der Waals surface area contributed by atoms with E-state index in [-0.39, 0.29) is 5.56 Å². The summed E-state index contributed by atoms with van der Waals surface area (Å²) in [6, 6.07) is -3.98. The maximum atomic E-state index is 12.4. The van der Waals surface area contributed by atoms with Gasteiger partial charge in [0.05, 0.1) is 0 Å². The quantitative estimate of drug-likeness (QED) is 0.156. The lowest BCUT2D eigenvalue weighted by atomic mass is 10.0. The summed E-state index contributed by atoms with van der Waals surface area (Å²) in [6.07, 6.45) is -11.3. The van der Waals surface area contributed by atoms with E-state index in [1.54, 1.807) is 0 Å². The van der Waals surface area contributed by atoms with Crippen LogP contribution in [0.25, 0.3) is 0 Å². The molecule has 0 aliphatic carbocycles. The van der Waals surface area contributed by atoms with E-state index in [1.807, 2.05) is 10.3 Å². The number of carboxylic acids is 1. The molecular weight excluding hydrogens is 466 g/mol. The molecule has 0 unspecified atom stereocenters. The van der Waals surface area contributed by atoms with E-state index in [0.29, 0.717) is 0 Å². The van der Waals surface area contributed by atoms with Crippen molar-refractivity contribution in [1.82, 2.24) is 14.9 Å². The smallest absolute Gasteiger partial charge is 0.404 e. The Bertz CT molecular complexity index is 1040. The molecule has 0 spiro atoms. The molecule has 17 heteroatoms. The second-order valence-corrected chi connectivity index (χ2v) is 7.49. The number of hydrogen-bond donors (Lipinski definition) is 9. The number of rotatable bonds is 9. The van der Waals surface area contributed by atoms with E-state index in [9.17, 15) is 49.5 Å². The van der Waals surface area contributed by atoms with Crippen LogP contribution in [0.4, 0.5) is 4.79 Å². The maximum absolute atomic E-state index is 12.4. The minimum Gasteiger partial charge on any atom is -0.480 e. The van der Waals surface area contributed by atoms with Crippen LogP contribution in [0.5, 0.6) is 0 Å². The number of nitrogens with zero attached hydrogens (tertiary/aromatic N) is 1. The number of carboxylic acid groups (broad SMARTS) is 1. The molecule has 11 N–H and O–H groups in total. The van der Waals surface area contributed by atoms with Gasteiger partial charge >= 0.3 is 17.8 Å². The summed E-state index contributed by atoms with van der Waals surface area (Å²) in [5.41, 5.74) is 8.58. The summed E-state index contributed by atoms with van der Waals surface area (Å²) in [4.78, 5) is 60.3. The number of amides is 2. The Balaban J connectivity index is 2.20. The van der Waals surface area contributed by atoms with Crippen LogP contribution in [0.1, 0.15) is 11.8 Å². The van der Waals surface area contributed by atoms with Gasteiger partial charge in [0, 0.05) is 11.8 Å². The minimum absolute atomic E-state index is 0.0512. The minimum atomic E-state index is -2.04. The van der Waals surface area contributed by atoms with Crippen molar-refractivity contribution in [3.05, 3.63) is 32.6 Å². The van der Waals surface area contributed by atoms with E-state index in [2.05, 4.69) is 4.74 Å². The SMILES string of the molecule is Cc1cn([C@@H]2O[C@H]([C@H](NC(=O)[C@@H](N)[C@H](O)[C@@H](O)COC(N)=O)C(=O)O)[C@@H](O)[C@H]2O)c(=O)[nH]c1=O. The average molecular weight is 491 g/mol. The second kappa shape index (κ2) is 10.7. The topological polar surface area (TPSA) is 290 Å². The highest BCUT2D eigenvalue weighted by Crippen LogP contribution is 2.30. The number of ether oxygens (including phenoxy) is 2. The van der Waals surface area contributed by atoms with Crippen LogP contribution in [0.2, 0.25) is 0 Å². The lowest BCUT2D eigenvalue weighted by molar-refractivity contribution is -0.150. The van der Waals surface area contributed by atoms with Crippen LogP contribution in [0.3, 0.4) is 0 Å². The zero-order chi connectivity index (χ0) is 25.9. The van der Waals surface area contributed by atoms with Gasteiger partial charge in [-0.15, -0.1) is 0 Å². The zero-order valence-electron chi connectivity index (χ0n) is 17.6. The van der Waals surface area contributed by atoms with E-state index in [0.717, 1.165) is 10.8 Å². The van der Waals surface area contributed by atoms with Crippen molar-refractivity contribution in [3.8, 4) is 0 Å². The summed E-state index contributed by atoms with van der Waals surface area (Å²) in [6.45, 7) is 0.533. The van der Waals surface area contributed by atoms with E-state index >= 15 is 0 Å². The molecule has 0 saturated carbocycles. The fourth-order valence-electron chi connectivity index (χ4n) is 3.16. The van der Waals surface area contributed by atoms with Gasteiger partial charge < -0.3 is 51.8 Å². The number of aliphatic hydroxyl groups is 4. The average Bonchev–Trinajstić information content (AvgIpc) is 3.05. The van der Waals surface area contributed by atoms with Crippen LogP contribution in [0.15, 0.2) is 15.8 Å². The first-order valence-corrected chi connectivity index (χ1v) is 9.67. The normalized spacial score (nSPS) is 25.7. The summed E-state index contributed by atoms with van der Waals surface area (Å²) in [7, 11) is 0. The number of nitrogens with two attached hydrogens (primary N) is 2. The van der Waals surface area contributed by atoms with Gasteiger partial charge in [-0.1, -0.05) is 0 Å². The number of aliphatic hydroxyl groups excluding tert-OH is 4. The van der Waals surface area contributed by atoms with Gasteiger partial charge in [0.2, 0.25) is 5.91 Å². The van der Waals surface area contributed by atoms with Crippen molar-refractivity contribution in [2.24, 2.45) is 11.5 Å². The summed E-state index contributed by atoms with van der Waals surface area (Å²) >= 11 is 0. The Morgan fingerprint density at radius 1 is 1.26 bits per heavy atom. The Kier molecular flexibility index (Phi) is 8.48. The molecule has 17 nitrogen and oxygen atoms in total. The standard InChI is InChI=1S/C17H25N5O12/c1-4-2-22(17(32)21-12(4)27)14-10(26)9(25)11(34-14)7(15(29)30)20-13(28)6(18)8(24)5(23)3-33-16(19)31/h2,5-11,14,23-26H,3,18H2,1H3,(H2,19,31)(H,20,28)(H,29,30)(H,21,27,32)/t5-,6-,7-,8+,9-,10+,11+,14+/m0/s1. The number of aliphatic carboxylic acids is 1. The number of H-pyrrole nitrogens is 1. The molecule has 0 aromatic carbocycles. The van der Waals surface area contributed by atoms with E-state index < -0.39 is 84.7 Å². The molecule has 1 aliphatic heterocycles. The zero-order valence-corrected chi connectivity index (χ0v) is 17.6. The van der Waals surface area contributed by atoms with E-state index in [1.165, 1.54) is 6.92 Å². The third-order valence-electron chi connectivity index (χ3n) is 5.05. The lowest BCUT2D eigenvalue weighted by Gasteiger charge is -2.27. The van der Waals surface area contributed by atoms with Crippen molar-refractivity contribution in [2.45, 2.75) is 55.8 Å². The highest BCUT2D eigenvalue weighted by molar-refractivity contribution is 5.87. The molecule has 0 radical (unpaired) electrons. The Hall–Kier alpha value is -3.35. The molecule has 1 aliphatic rings. The molecule has 2 rings (SSSR count). The summed E-state index contributed by atoms with van der Waals surface area (Å²) < 4.78 is 10.4. The highest BCUT2D eigenvalue weighted by Gasteiger charge is 2.50. The van der Waals surface area contributed by atoms with Gasteiger partial charge in [-0.05, 0) is 6.92 Å². The number of primary amides is 1. The van der Waals surface area contributed by atoms with Crippen molar-refractivity contribution >= 4 is 18.0 Å². The first kappa shape index (κ1) is 26.9. The highest BCUT2D eigenvalue weighted by atomic mass is 16.6. The fraction of sp³-hybridized carbons (Fsp3) is 0.588. The predicted molar refractivity (Wildman–Crippen MR) is 107 cm³/mol. The van der Waals surface area contributed by atoms with Gasteiger partial charge in [-0.25, -0.2) is 14.4 Å². The first-order chi connectivity index (χ1) is 15.8. The van der Waals surface area contributed by atoms with Gasteiger partial charge in [0.15, 0.2) is 12.3 Å². The van der Waals surface area contributed by atoms with Crippen LogP contribution < -0.4 is 28.0 Å². The summed E-state index contributed by atoms with van der Waals surface area (Å²) in [5, 5.41) is 51.8. The Morgan fingerprint density at radius 2 is 1.88 bits per heavy atom. The number of aromatic amines is 1. The third kappa shape index (κ3) is 5.76. The molecule has 190 valence electrons. The summed E-state index contributed by atoms with van der Waals surface area (Å²) in [5.74, 6) is -3.06. The fourth-order valence-corrected chi connectivity index (χ4v) is 3.16. The van der Waals surface area contributed by atoms with Gasteiger partial charge in [-0.2, -0.15) is 0 Å². The number of aromatic nitrogens is 2. The number of aryl methyl sites for hydroxylation is 1. The number of carbonyl (C=O) groups excluding carboxylic acids is 2. The molecule has 0 bridgehead atoms. The molecule has 2 heterocycles. The van der Waals surface area contributed by atoms with Crippen molar-refractivity contribution in [2.75, 3.05) is 6.61 Å². The largest absolute Gasteiger partial charge is 0.480 e. The Labute approximate surface area is 189 Å². The maximum Gasteiger partial charge on any atom is 0.404 e. The monoisotopic (exact) mass is 491 g/mol. The van der Waals surface area contributed by atoms with Crippen LogP contribution in [-0.2, 0) is 19.1 Å². The second-order valence-electron chi connectivity index (χ2n) is 7.49. The number of carbonyl (C=O) groups is 3. The number of hydrogen-bond acceptors (Lipinski definition) is 12. The van der Waals surface area contributed by atoms with Crippen molar-refractivity contribution in [3.63, 3.8) is 0 Å². The molecule has 1 saturated heterocycles. The van der Waals surface area contributed by atoms with Crippen LogP contribution in [-0.4, -0.2) is 102 Å². The third-order valence-corrected chi connectivity index (χ3v) is 5.05. The predicted octanol–water partition coefficient (Wildman–Crippen LogP) is -5.82. The molecular formula is C17H25N5O12. The first-order valence-electron chi connectivity index (χ1n) is 9.67. The van der Waals surface area contributed by atoms with Crippen LogP contribution in [0, 0.1) is 6.92 Å².